The molecule has 144 valence electrons. The molecule has 2 amide bonds. The van der Waals surface area contributed by atoms with Gasteiger partial charge in [-0.05, 0) is 18.1 Å². The van der Waals surface area contributed by atoms with Gasteiger partial charge < -0.3 is 15.3 Å². The van der Waals surface area contributed by atoms with E-state index in [9.17, 15) is 14.7 Å². The van der Waals surface area contributed by atoms with Gasteiger partial charge in [0.05, 0.1) is 22.2 Å². The van der Waals surface area contributed by atoms with E-state index in [1.54, 1.807) is 25.2 Å². The number of rotatable bonds is 5. The van der Waals surface area contributed by atoms with Gasteiger partial charge in [-0.15, -0.1) is 11.3 Å². The average Bonchev–Trinajstić information content (AvgIpc) is 3.25. The smallest absolute Gasteiger partial charge is 0.243 e. The van der Waals surface area contributed by atoms with Crippen LogP contribution < -0.4 is 5.32 Å². The molecule has 0 radical (unpaired) electrons. The summed E-state index contributed by atoms with van der Waals surface area (Å²) in [6.45, 7) is 6.19. The highest BCUT2D eigenvalue weighted by Gasteiger charge is 2.39. The van der Waals surface area contributed by atoms with Crippen molar-refractivity contribution in [1.82, 2.24) is 15.2 Å². The monoisotopic (exact) mass is 387 g/mol. The predicted molar refractivity (Wildman–Crippen MR) is 105 cm³/mol. The molecule has 2 heterocycles. The third kappa shape index (κ3) is 4.36. The minimum Gasteiger partial charge on any atom is -0.391 e. The number of aliphatic hydroxyl groups excluding tert-OH is 1. The highest BCUT2D eigenvalue weighted by atomic mass is 32.1. The minimum atomic E-state index is -0.648. The van der Waals surface area contributed by atoms with Gasteiger partial charge in [0.2, 0.25) is 11.8 Å². The second-order valence-corrected chi connectivity index (χ2v) is 8.09. The molecule has 6 nitrogen and oxygen atoms in total. The standard InChI is InChI=1S/C20H25N3O3S/c1-12(2)20(26)23-10-16(24)8-17(23)19(25)21-9-14-4-6-15(7-5-14)18-13(3)22-11-27-18/h4-7,11-12,16-17,24H,8-10H2,1-3H3,(H,21,25)/t16-,17+/m1/s1. The molecule has 0 aliphatic carbocycles. The molecule has 2 N–H and O–H groups in total. The van der Waals surface area contributed by atoms with Crippen LogP contribution in [0.4, 0.5) is 0 Å². The first kappa shape index (κ1) is 19.5. The van der Waals surface area contributed by atoms with Gasteiger partial charge in [0.25, 0.3) is 0 Å². The Morgan fingerprint density at radius 2 is 2.04 bits per heavy atom. The van der Waals surface area contributed by atoms with Crippen molar-refractivity contribution in [3.8, 4) is 10.4 Å². The third-order valence-corrected chi connectivity index (χ3v) is 5.76. The number of β-amino-alcohol motifs (C(OH)–C–C–N with tert-alkyl or cyclic N) is 1. The molecule has 0 bridgehead atoms. The Balaban J connectivity index is 1.61. The molecular formula is C20H25N3O3S. The van der Waals surface area contributed by atoms with Crippen molar-refractivity contribution in [1.29, 1.82) is 0 Å². The molecule has 0 saturated carbocycles. The number of carbonyl (C=O) groups is 2. The van der Waals surface area contributed by atoms with E-state index in [1.165, 1.54) is 4.90 Å². The fourth-order valence-electron chi connectivity index (χ4n) is 3.30. The van der Waals surface area contributed by atoms with Gasteiger partial charge in [0.15, 0.2) is 0 Å². The summed E-state index contributed by atoms with van der Waals surface area (Å²) in [6, 6.07) is 7.41. The Hall–Kier alpha value is -2.25. The molecule has 7 heteroatoms. The molecule has 1 aliphatic heterocycles. The first-order valence-corrected chi connectivity index (χ1v) is 10.0. The summed E-state index contributed by atoms with van der Waals surface area (Å²) in [4.78, 5) is 31.8. The summed E-state index contributed by atoms with van der Waals surface area (Å²) in [5, 5.41) is 12.8. The van der Waals surface area contributed by atoms with Gasteiger partial charge in [0.1, 0.15) is 6.04 Å². The number of aryl methyl sites for hydroxylation is 1. The average molecular weight is 388 g/mol. The van der Waals surface area contributed by atoms with Crippen LogP contribution in [0.5, 0.6) is 0 Å². The van der Waals surface area contributed by atoms with Crippen LogP contribution in [-0.2, 0) is 16.1 Å². The molecule has 2 atom stereocenters. The number of aliphatic hydroxyl groups is 1. The van der Waals surface area contributed by atoms with Crippen LogP contribution in [0, 0.1) is 12.8 Å². The molecule has 27 heavy (non-hydrogen) atoms. The normalized spacial score (nSPS) is 19.5. The van der Waals surface area contributed by atoms with Crippen molar-refractivity contribution < 1.29 is 14.7 Å². The molecule has 3 rings (SSSR count). The zero-order valence-electron chi connectivity index (χ0n) is 15.8. The van der Waals surface area contributed by atoms with Crippen molar-refractivity contribution in [3.63, 3.8) is 0 Å². The maximum atomic E-state index is 12.6. The highest BCUT2D eigenvalue weighted by Crippen LogP contribution is 2.27. The maximum Gasteiger partial charge on any atom is 0.243 e. The van der Waals surface area contributed by atoms with Gasteiger partial charge in [-0.1, -0.05) is 38.1 Å². The predicted octanol–water partition coefficient (Wildman–Crippen LogP) is 2.35. The maximum absolute atomic E-state index is 12.6. The molecular weight excluding hydrogens is 362 g/mol. The minimum absolute atomic E-state index is 0.101. The zero-order chi connectivity index (χ0) is 19.6. The zero-order valence-corrected chi connectivity index (χ0v) is 16.6. The number of carbonyl (C=O) groups excluding carboxylic acids is 2. The Bertz CT molecular complexity index is 816. The Labute approximate surface area is 163 Å². The topological polar surface area (TPSA) is 82.5 Å². The number of amides is 2. The SMILES string of the molecule is Cc1ncsc1-c1ccc(CNC(=O)[C@@H]2C[C@@H](O)CN2C(=O)C(C)C)cc1. The summed E-state index contributed by atoms with van der Waals surface area (Å²) in [5.74, 6) is -0.521. The fraction of sp³-hybridized carbons (Fsp3) is 0.450. The molecule has 1 saturated heterocycles. The van der Waals surface area contributed by atoms with E-state index in [0.29, 0.717) is 6.54 Å². The number of nitrogens with zero attached hydrogens (tertiary/aromatic N) is 2. The number of aromatic nitrogens is 1. The van der Waals surface area contributed by atoms with Crippen molar-refractivity contribution in [2.24, 2.45) is 5.92 Å². The summed E-state index contributed by atoms with van der Waals surface area (Å²) in [7, 11) is 0. The third-order valence-electron chi connectivity index (χ3n) is 4.79. The quantitative estimate of drug-likeness (QED) is 0.825. The fourth-order valence-corrected chi connectivity index (χ4v) is 4.11. The van der Waals surface area contributed by atoms with E-state index in [-0.39, 0.29) is 30.7 Å². The van der Waals surface area contributed by atoms with E-state index in [0.717, 1.165) is 21.7 Å². The van der Waals surface area contributed by atoms with E-state index in [4.69, 9.17) is 0 Å². The van der Waals surface area contributed by atoms with E-state index >= 15 is 0 Å². The molecule has 1 aromatic carbocycles. The van der Waals surface area contributed by atoms with Gasteiger partial charge in [-0.25, -0.2) is 4.98 Å². The number of nitrogens with one attached hydrogen (secondary N) is 1. The van der Waals surface area contributed by atoms with Crippen LogP contribution in [-0.4, -0.2) is 45.5 Å². The lowest BCUT2D eigenvalue weighted by Gasteiger charge is -2.25. The highest BCUT2D eigenvalue weighted by molar-refractivity contribution is 7.13. The van der Waals surface area contributed by atoms with Crippen molar-refractivity contribution >= 4 is 23.2 Å². The van der Waals surface area contributed by atoms with Crippen LogP contribution in [0.15, 0.2) is 29.8 Å². The summed E-state index contributed by atoms with van der Waals surface area (Å²) in [6.07, 6.45) is -0.362. The summed E-state index contributed by atoms with van der Waals surface area (Å²) in [5.41, 5.74) is 4.93. The van der Waals surface area contributed by atoms with Crippen molar-refractivity contribution in [2.75, 3.05) is 6.54 Å². The number of hydrogen-bond acceptors (Lipinski definition) is 5. The Kier molecular flexibility index (Phi) is 5.92. The van der Waals surface area contributed by atoms with Gasteiger partial charge in [0, 0.05) is 25.4 Å². The van der Waals surface area contributed by atoms with Gasteiger partial charge in [-0.2, -0.15) is 0 Å². The van der Waals surface area contributed by atoms with E-state index in [2.05, 4.69) is 10.3 Å². The van der Waals surface area contributed by atoms with E-state index < -0.39 is 12.1 Å². The molecule has 1 aromatic heterocycles. The first-order chi connectivity index (χ1) is 12.9. The van der Waals surface area contributed by atoms with Crippen molar-refractivity contribution in [3.05, 3.63) is 41.0 Å². The number of thiazole rings is 1. The second kappa shape index (κ2) is 8.19. The molecule has 0 spiro atoms. The largest absolute Gasteiger partial charge is 0.391 e. The van der Waals surface area contributed by atoms with Crippen LogP contribution in [0.3, 0.4) is 0 Å². The first-order valence-electron chi connectivity index (χ1n) is 9.12. The molecule has 1 fully saturated rings. The Morgan fingerprint density at radius 1 is 1.33 bits per heavy atom. The summed E-state index contributed by atoms with van der Waals surface area (Å²) >= 11 is 1.61. The summed E-state index contributed by atoms with van der Waals surface area (Å²) < 4.78 is 0. The number of benzene rings is 1. The lowest BCUT2D eigenvalue weighted by atomic mass is 10.1. The number of hydrogen-bond donors (Lipinski definition) is 2. The Morgan fingerprint density at radius 3 is 2.63 bits per heavy atom. The lowest BCUT2D eigenvalue weighted by Crippen LogP contribution is -2.47. The lowest BCUT2D eigenvalue weighted by molar-refractivity contribution is -0.140. The van der Waals surface area contributed by atoms with Gasteiger partial charge in [-0.3, -0.25) is 9.59 Å². The number of likely N-dealkylation sites (tertiary alicyclic amines) is 1. The second-order valence-electron chi connectivity index (χ2n) is 7.23. The van der Waals surface area contributed by atoms with Crippen LogP contribution in [0.25, 0.3) is 10.4 Å². The van der Waals surface area contributed by atoms with Gasteiger partial charge >= 0.3 is 0 Å². The van der Waals surface area contributed by atoms with Crippen molar-refractivity contribution in [2.45, 2.75) is 45.9 Å². The molecule has 2 aromatic rings. The van der Waals surface area contributed by atoms with Crippen LogP contribution >= 0.6 is 11.3 Å². The van der Waals surface area contributed by atoms with Crippen LogP contribution in [0.2, 0.25) is 0 Å². The molecule has 0 unspecified atom stereocenters. The van der Waals surface area contributed by atoms with E-state index in [1.807, 2.05) is 36.7 Å². The van der Waals surface area contributed by atoms with Crippen LogP contribution in [0.1, 0.15) is 31.5 Å². The molecule has 1 aliphatic rings.